The molecule has 0 unspecified atom stereocenters. The lowest BCUT2D eigenvalue weighted by atomic mass is 10.1. The molecular formula is C19H27N3O4. The molecule has 1 heterocycles. The van der Waals surface area contributed by atoms with Crippen molar-refractivity contribution in [1.82, 2.24) is 15.2 Å². The Morgan fingerprint density at radius 1 is 1.27 bits per heavy atom. The van der Waals surface area contributed by atoms with Gasteiger partial charge >= 0.3 is 0 Å². The van der Waals surface area contributed by atoms with Crippen molar-refractivity contribution in [1.29, 1.82) is 0 Å². The van der Waals surface area contributed by atoms with Crippen LogP contribution in [0.3, 0.4) is 0 Å². The molecule has 0 saturated carbocycles. The zero-order valence-electron chi connectivity index (χ0n) is 16.0. The van der Waals surface area contributed by atoms with Gasteiger partial charge in [0.1, 0.15) is 17.8 Å². The van der Waals surface area contributed by atoms with E-state index in [4.69, 9.17) is 13.9 Å². The Balaban J connectivity index is 2.16. The molecule has 0 aliphatic heterocycles. The number of rotatable bonds is 9. The zero-order chi connectivity index (χ0) is 19.1. The van der Waals surface area contributed by atoms with Crippen LogP contribution in [-0.2, 0) is 13.1 Å². The van der Waals surface area contributed by atoms with Crippen LogP contribution < -0.4 is 14.8 Å². The van der Waals surface area contributed by atoms with E-state index in [1.807, 2.05) is 25.1 Å². The Bertz CT molecular complexity index is 727. The topological polar surface area (TPSA) is 76.8 Å². The van der Waals surface area contributed by atoms with E-state index in [9.17, 15) is 4.79 Å². The number of carbonyl (C=O) groups excluding carboxylic acids is 1. The number of aromatic nitrogens is 1. The SMILES string of the molecule is CCNC(=O)c1coc(CN(Cc2cc(OC)ccc2OC)C(C)C)n1. The third-order valence-electron chi connectivity index (χ3n) is 4.05. The van der Waals surface area contributed by atoms with Crippen molar-refractivity contribution in [3.63, 3.8) is 0 Å². The fourth-order valence-electron chi connectivity index (χ4n) is 2.56. The fraction of sp³-hybridized carbons (Fsp3) is 0.474. The summed E-state index contributed by atoms with van der Waals surface area (Å²) in [6.45, 7) is 7.73. The zero-order valence-corrected chi connectivity index (χ0v) is 16.0. The van der Waals surface area contributed by atoms with Crippen molar-refractivity contribution in [3.05, 3.63) is 41.6 Å². The molecule has 0 aliphatic rings. The molecular weight excluding hydrogens is 334 g/mol. The summed E-state index contributed by atoms with van der Waals surface area (Å²) < 4.78 is 16.3. The van der Waals surface area contributed by atoms with E-state index in [1.165, 1.54) is 6.26 Å². The second-order valence-corrected chi connectivity index (χ2v) is 6.16. The number of hydrogen-bond acceptors (Lipinski definition) is 6. The lowest BCUT2D eigenvalue weighted by Crippen LogP contribution is -2.30. The minimum absolute atomic E-state index is 0.229. The molecule has 0 fully saturated rings. The molecule has 0 aliphatic carbocycles. The van der Waals surface area contributed by atoms with Crippen molar-refractivity contribution >= 4 is 5.91 Å². The Morgan fingerprint density at radius 2 is 2.04 bits per heavy atom. The summed E-state index contributed by atoms with van der Waals surface area (Å²) in [5.74, 6) is 1.85. The van der Waals surface area contributed by atoms with Crippen LogP contribution in [0.1, 0.15) is 42.7 Å². The van der Waals surface area contributed by atoms with E-state index < -0.39 is 0 Å². The van der Waals surface area contributed by atoms with Gasteiger partial charge in [-0.05, 0) is 39.0 Å². The van der Waals surface area contributed by atoms with E-state index >= 15 is 0 Å². The van der Waals surface area contributed by atoms with Gasteiger partial charge in [-0.1, -0.05) is 0 Å². The maximum Gasteiger partial charge on any atom is 0.273 e. The van der Waals surface area contributed by atoms with E-state index in [0.29, 0.717) is 31.2 Å². The van der Waals surface area contributed by atoms with Gasteiger partial charge in [0.25, 0.3) is 5.91 Å². The van der Waals surface area contributed by atoms with Crippen LogP contribution in [0.5, 0.6) is 11.5 Å². The monoisotopic (exact) mass is 361 g/mol. The van der Waals surface area contributed by atoms with Crippen LogP contribution >= 0.6 is 0 Å². The molecule has 0 radical (unpaired) electrons. The summed E-state index contributed by atoms with van der Waals surface area (Å²) in [6.07, 6.45) is 1.39. The molecule has 1 aromatic heterocycles. The van der Waals surface area contributed by atoms with Crippen LogP contribution in [0, 0.1) is 0 Å². The average molecular weight is 361 g/mol. The van der Waals surface area contributed by atoms with Gasteiger partial charge in [-0.3, -0.25) is 9.69 Å². The van der Waals surface area contributed by atoms with Crippen molar-refractivity contribution in [2.45, 2.75) is 39.9 Å². The first-order valence-corrected chi connectivity index (χ1v) is 8.66. The van der Waals surface area contributed by atoms with Crippen molar-refractivity contribution in [2.75, 3.05) is 20.8 Å². The molecule has 0 saturated heterocycles. The number of nitrogens with one attached hydrogen (secondary N) is 1. The highest BCUT2D eigenvalue weighted by Gasteiger charge is 2.18. The van der Waals surface area contributed by atoms with Crippen LogP contribution in [0.4, 0.5) is 0 Å². The van der Waals surface area contributed by atoms with Gasteiger partial charge in [-0.15, -0.1) is 0 Å². The molecule has 2 rings (SSSR count). The number of methoxy groups -OCH3 is 2. The van der Waals surface area contributed by atoms with E-state index in [1.54, 1.807) is 14.2 Å². The molecule has 7 nitrogen and oxygen atoms in total. The predicted octanol–water partition coefficient (Wildman–Crippen LogP) is 2.85. The van der Waals surface area contributed by atoms with Gasteiger partial charge in [0.05, 0.1) is 20.8 Å². The Hall–Kier alpha value is -2.54. The number of hydrogen-bond donors (Lipinski definition) is 1. The number of oxazole rings is 1. The lowest BCUT2D eigenvalue weighted by Gasteiger charge is -2.26. The molecule has 0 spiro atoms. The van der Waals surface area contributed by atoms with Gasteiger partial charge < -0.3 is 19.2 Å². The fourth-order valence-corrected chi connectivity index (χ4v) is 2.56. The molecule has 26 heavy (non-hydrogen) atoms. The highest BCUT2D eigenvalue weighted by molar-refractivity contribution is 5.91. The maximum atomic E-state index is 11.8. The summed E-state index contributed by atoms with van der Waals surface area (Å²) in [7, 11) is 3.29. The van der Waals surface area contributed by atoms with Crippen LogP contribution in [0.2, 0.25) is 0 Å². The Labute approximate surface area is 154 Å². The number of amides is 1. The third-order valence-corrected chi connectivity index (χ3v) is 4.05. The molecule has 1 amide bonds. The molecule has 0 atom stereocenters. The summed E-state index contributed by atoms with van der Waals surface area (Å²) in [5, 5.41) is 2.71. The largest absolute Gasteiger partial charge is 0.497 e. The minimum Gasteiger partial charge on any atom is -0.497 e. The Kier molecular flexibility index (Phi) is 7.03. The molecule has 0 bridgehead atoms. The second-order valence-electron chi connectivity index (χ2n) is 6.16. The van der Waals surface area contributed by atoms with E-state index in [2.05, 4.69) is 29.0 Å². The van der Waals surface area contributed by atoms with Crippen LogP contribution in [0.15, 0.2) is 28.9 Å². The van der Waals surface area contributed by atoms with Gasteiger partial charge in [0.15, 0.2) is 5.69 Å². The Morgan fingerprint density at radius 3 is 2.65 bits per heavy atom. The quantitative estimate of drug-likeness (QED) is 0.740. The summed E-state index contributed by atoms with van der Waals surface area (Å²) in [6, 6.07) is 5.97. The molecule has 7 heteroatoms. The molecule has 2 aromatic rings. The molecule has 1 aromatic carbocycles. The maximum absolute atomic E-state index is 11.8. The summed E-state index contributed by atoms with van der Waals surface area (Å²) >= 11 is 0. The number of ether oxygens (including phenoxy) is 2. The van der Waals surface area contributed by atoms with E-state index in [0.717, 1.165) is 17.1 Å². The highest BCUT2D eigenvalue weighted by Crippen LogP contribution is 2.26. The van der Waals surface area contributed by atoms with Gasteiger partial charge in [-0.2, -0.15) is 0 Å². The first-order chi connectivity index (χ1) is 12.5. The number of nitrogens with zero attached hydrogens (tertiary/aromatic N) is 2. The van der Waals surface area contributed by atoms with Crippen molar-refractivity contribution in [3.8, 4) is 11.5 Å². The highest BCUT2D eigenvalue weighted by atomic mass is 16.5. The van der Waals surface area contributed by atoms with Crippen molar-refractivity contribution < 1.29 is 18.7 Å². The van der Waals surface area contributed by atoms with Crippen LogP contribution in [0.25, 0.3) is 0 Å². The smallest absolute Gasteiger partial charge is 0.273 e. The van der Waals surface area contributed by atoms with Crippen LogP contribution in [-0.4, -0.2) is 42.6 Å². The van der Waals surface area contributed by atoms with Crippen molar-refractivity contribution in [2.24, 2.45) is 0 Å². The van der Waals surface area contributed by atoms with Gasteiger partial charge in [0.2, 0.25) is 5.89 Å². The summed E-state index contributed by atoms with van der Waals surface area (Å²) in [4.78, 5) is 18.3. The lowest BCUT2D eigenvalue weighted by molar-refractivity contribution is 0.0950. The number of carbonyl (C=O) groups is 1. The normalized spacial score (nSPS) is 11.0. The van der Waals surface area contributed by atoms with Gasteiger partial charge in [-0.25, -0.2) is 4.98 Å². The number of benzene rings is 1. The standard InChI is InChI=1S/C19H27N3O4/c1-6-20-19(23)16-12-26-18(21-16)11-22(13(2)3)10-14-9-15(24-4)7-8-17(14)25-5/h7-9,12-13H,6,10-11H2,1-5H3,(H,20,23). The minimum atomic E-state index is -0.229. The third kappa shape index (κ3) is 4.98. The van der Waals surface area contributed by atoms with E-state index in [-0.39, 0.29) is 11.9 Å². The second kappa shape index (κ2) is 9.24. The molecule has 142 valence electrons. The molecule has 1 N–H and O–H groups in total. The predicted molar refractivity (Wildman–Crippen MR) is 98.4 cm³/mol. The first kappa shape index (κ1) is 19.8. The summed E-state index contributed by atoms with van der Waals surface area (Å²) in [5.41, 5.74) is 1.31. The average Bonchev–Trinajstić information content (AvgIpc) is 3.10. The van der Waals surface area contributed by atoms with Gasteiger partial charge in [0, 0.05) is 24.7 Å². The first-order valence-electron chi connectivity index (χ1n) is 8.66.